The van der Waals surface area contributed by atoms with Gasteiger partial charge in [-0.15, -0.1) is 11.3 Å². The number of carbonyl (C=O) groups excluding carboxylic acids is 3. The number of thiazole rings is 1. The molecule has 35 heavy (non-hydrogen) atoms. The van der Waals surface area contributed by atoms with Gasteiger partial charge < -0.3 is 15.4 Å². The Morgan fingerprint density at radius 1 is 1.14 bits per heavy atom. The molecular formula is C25H25ClFN3O4S. The molecule has 0 saturated heterocycles. The lowest BCUT2D eigenvalue weighted by Gasteiger charge is -2.27. The second kappa shape index (κ2) is 12.0. The highest BCUT2D eigenvalue weighted by molar-refractivity contribution is 7.09. The zero-order valence-corrected chi connectivity index (χ0v) is 20.8. The summed E-state index contributed by atoms with van der Waals surface area (Å²) in [5, 5.41) is 7.83. The number of carbonyl (C=O) groups is 3. The number of Topliss-reactive ketones (excluding diaryl/α,β-unsaturated/α-hetero) is 1. The van der Waals surface area contributed by atoms with Crippen LogP contribution >= 0.6 is 22.9 Å². The molecule has 0 fully saturated rings. The van der Waals surface area contributed by atoms with Crippen molar-refractivity contribution in [2.45, 2.75) is 45.1 Å². The predicted octanol–water partition coefficient (Wildman–Crippen LogP) is 3.84. The SMILES string of the molecule is CC(C)(OCc1cc(F)cc(Cl)c1)C(=O)N[C@H](Cc1ccccc1)C(=O)C(=O)NCc1nccs1. The van der Waals surface area contributed by atoms with E-state index in [2.05, 4.69) is 15.6 Å². The van der Waals surface area contributed by atoms with Crippen molar-refractivity contribution in [3.8, 4) is 0 Å². The summed E-state index contributed by atoms with van der Waals surface area (Å²) in [5.74, 6) is -2.72. The second-order valence-electron chi connectivity index (χ2n) is 8.27. The van der Waals surface area contributed by atoms with Crippen LogP contribution in [-0.2, 0) is 38.7 Å². The Labute approximate surface area is 211 Å². The van der Waals surface area contributed by atoms with E-state index in [1.807, 2.05) is 6.07 Å². The van der Waals surface area contributed by atoms with E-state index < -0.39 is 35.1 Å². The minimum atomic E-state index is -1.38. The number of benzene rings is 2. The third-order valence-electron chi connectivity index (χ3n) is 5.08. The average molecular weight is 518 g/mol. The third-order valence-corrected chi connectivity index (χ3v) is 6.08. The molecular weight excluding hydrogens is 493 g/mol. The Hall–Kier alpha value is -3.14. The molecule has 2 N–H and O–H groups in total. The van der Waals surface area contributed by atoms with Gasteiger partial charge in [0.15, 0.2) is 0 Å². The van der Waals surface area contributed by atoms with Gasteiger partial charge in [-0.2, -0.15) is 0 Å². The van der Waals surface area contributed by atoms with Crippen LogP contribution in [0.1, 0.15) is 30.0 Å². The van der Waals surface area contributed by atoms with Crippen LogP contribution in [-0.4, -0.2) is 34.2 Å². The Morgan fingerprint density at radius 2 is 1.89 bits per heavy atom. The van der Waals surface area contributed by atoms with E-state index in [1.54, 1.807) is 35.8 Å². The summed E-state index contributed by atoms with van der Waals surface area (Å²) in [4.78, 5) is 42.7. The Bertz CT molecular complexity index is 1150. The highest BCUT2D eigenvalue weighted by Crippen LogP contribution is 2.19. The van der Waals surface area contributed by atoms with Gasteiger partial charge in [0.1, 0.15) is 22.5 Å². The van der Waals surface area contributed by atoms with Gasteiger partial charge in [0, 0.05) is 23.0 Å². The first-order valence-corrected chi connectivity index (χ1v) is 12.0. The highest BCUT2D eigenvalue weighted by Gasteiger charge is 2.34. The van der Waals surface area contributed by atoms with Crippen LogP contribution in [0.25, 0.3) is 0 Å². The molecule has 2 aromatic carbocycles. The number of ketones is 1. The zero-order valence-electron chi connectivity index (χ0n) is 19.2. The van der Waals surface area contributed by atoms with Crippen molar-refractivity contribution in [1.29, 1.82) is 0 Å². The quantitative estimate of drug-likeness (QED) is 0.377. The molecule has 7 nitrogen and oxygen atoms in total. The Kier molecular flexibility index (Phi) is 9.08. The minimum Gasteiger partial charge on any atom is -0.361 e. The van der Waals surface area contributed by atoms with E-state index in [0.29, 0.717) is 10.6 Å². The smallest absolute Gasteiger partial charge is 0.289 e. The van der Waals surface area contributed by atoms with Gasteiger partial charge in [0.25, 0.3) is 11.8 Å². The summed E-state index contributed by atoms with van der Waals surface area (Å²) in [6, 6.07) is 11.9. The fourth-order valence-electron chi connectivity index (χ4n) is 3.16. The monoisotopic (exact) mass is 517 g/mol. The molecule has 1 heterocycles. The largest absolute Gasteiger partial charge is 0.361 e. The van der Waals surface area contributed by atoms with E-state index >= 15 is 0 Å². The van der Waals surface area contributed by atoms with Crippen molar-refractivity contribution in [3.63, 3.8) is 0 Å². The third kappa shape index (κ3) is 7.95. The molecule has 0 aliphatic carbocycles. The molecule has 184 valence electrons. The topological polar surface area (TPSA) is 97.4 Å². The molecule has 0 spiro atoms. The van der Waals surface area contributed by atoms with Crippen LogP contribution in [0.3, 0.4) is 0 Å². The van der Waals surface area contributed by atoms with Crippen LogP contribution in [0, 0.1) is 5.82 Å². The van der Waals surface area contributed by atoms with Crippen LogP contribution in [0.2, 0.25) is 5.02 Å². The zero-order chi connectivity index (χ0) is 25.4. The molecule has 3 rings (SSSR count). The summed E-state index contributed by atoms with van der Waals surface area (Å²) >= 11 is 7.23. The first-order valence-electron chi connectivity index (χ1n) is 10.8. The van der Waals surface area contributed by atoms with Crippen LogP contribution < -0.4 is 10.6 Å². The van der Waals surface area contributed by atoms with Crippen LogP contribution in [0.5, 0.6) is 0 Å². The lowest BCUT2D eigenvalue weighted by atomic mass is 10.00. The molecule has 2 amide bonds. The molecule has 10 heteroatoms. The van der Waals surface area contributed by atoms with E-state index in [9.17, 15) is 18.8 Å². The summed E-state index contributed by atoms with van der Waals surface area (Å²) < 4.78 is 19.3. The van der Waals surface area contributed by atoms with E-state index in [0.717, 1.165) is 5.56 Å². The Balaban J connectivity index is 1.69. The molecule has 0 aliphatic heterocycles. The number of hydrogen-bond donors (Lipinski definition) is 2. The first kappa shape index (κ1) is 26.5. The lowest BCUT2D eigenvalue weighted by Crippen LogP contribution is -2.54. The number of halogens is 2. The predicted molar refractivity (Wildman–Crippen MR) is 131 cm³/mol. The van der Waals surface area contributed by atoms with E-state index in [-0.39, 0.29) is 24.6 Å². The maximum Gasteiger partial charge on any atom is 0.289 e. The lowest BCUT2D eigenvalue weighted by molar-refractivity contribution is -0.147. The standard InChI is InChI=1S/C25H25ClFN3O4S/c1-25(2,34-15-17-10-18(26)13-19(27)11-17)24(33)30-20(12-16-6-4-3-5-7-16)22(31)23(32)29-14-21-28-8-9-35-21/h3-11,13,20H,12,14-15H2,1-2H3,(H,29,32)(H,30,33)/t20-/m1/s1. The highest BCUT2D eigenvalue weighted by atomic mass is 35.5. The molecule has 0 aliphatic rings. The maximum atomic E-state index is 13.6. The number of ether oxygens (including phenoxy) is 1. The molecule has 1 aromatic heterocycles. The summed E-state index contributed by atoms with van der Waals surface area (Å²) in [6.07, 6.45) is 1.72. The number of nitrogens with one attached hydrogen (secondary N) is 2. The molecule has 3 aromatic rings. The van der Waals surface area contributed by atoms with Gasteiger partial charge in [-0.1, -0.05) is 41.9 Å². The molecule has 0 unspecified atom stereocenters. The number of nitrogens with zero attached hydrogens (tertiary/aromatic N) is 1. The fraction of sp³-hybridized carbons (Fsp3) is 0.280. The van der Waals surface area contributed by atoms with Gasteiger partial charge in [-0.05, 0) is 43.2 Å². The van der Waals surface area contributed by atoms with Crippen molar-refractivity contribution >= 4 is 40.5 Å². The van der Waals surface area contributed by atoms with Gasteiger partial charge in [0.05, 0.1) is 13.2 Å². The van der Waals surface area contributed by atoms with Gasteiger partial charge >= 0.3 is 0 Å². The van der Waals surface area contributed by atoms with Crippen molar-refractivity contribution in [2.75, 3.05) is 0 Å². The second-order valence-corrected chi connectivity index (χ2v) is 9.68. The van der Waals surface area contributed by atoms with Crippen molar-refractivity contribution < 1.29 is 23.5 Å². The maximum absolute atomic E-state index is 13.6. The first-order chi connectivity index (χ1) is 16.6. The average Bonchev–Trinajstić information content (AvgIpc) is 3.34. The number of rotatable bonds is 11. The number of amides is 2. The van der Waals surface area contributed by atoms with Crippen molar-refractivity contribution in [1.82, 2.24) is 15.6 Å². The van der Waals surface area contributed by atoms with Crippen molar-refractivity contribution in [3.05, 3.63) is 87.1 Å². The molecule has 0 bridgehead atoms. The Morgan fingerprint density at radius 3 is 2.54 bits per heavy atom. The number of hydrogen-bond acceptors (Lipinski definition) is 6. The van der Waals surface area contributed by atoms with Crippen LogP contribution in [0.4, 0.5) is 4.39 Å². The van der Waals surface area contributed by atoms with Gasteiger partial charge in [0.2, 0.25) is 5.78 Å². The fourth-order valence-corrected chi connectivity index (χ4v) is 3.96. The summed E-state index contributed by atoms with van der Waals surface area (Å²) in [6.45, 7) is 3.08. The van der Waals surface area contributed by atoms with Crippen LogP contribution in [0.15, 0.2) is 60.1 Å². The van der Waals surface area contributed by atoms with Gasteiger partial charge in [-0.3, -0.25) is 14.4 Å². The normalized spacial score (nSPS) is 12.1. The minimum absolute atomic E-state index is 0.0799. The summed E-state index contributed by atoms with van der Waals surface area (Å²) in [7, 11) is 0. The molecule has 1 atom stereocenters. The molecule has 0 saturated carbocycles. The summed E-state index contributed by atoms with van der Waals surface area (Å²) in [5.41, 5.74) is -0.160. The van der Waals surface area contributed by atoms with E-state index in [4.69, 9.17) is 16.3 Å². The number of aromatic nitrogens is 1. The molecule has 0 radical (unpaired) electrons. The van der Waals surface area contributed by atoms with Gasteiger partial charge in [-0.25, -0.2) is 9.37 Å². The van der Waals surface area contributed by atoms with Crippen molar-refractivity contribution in [2.24, 2.45) is 0 Å². The van der Waals surface area contributed by atoms with E-state index in [1.165, 1.54) is 43.4 Å².